The molecule has 1 aromatic heterocycles. The molecule has 1 aromatic carbocycles. The van der Waals surface area contributed by atoms with Gasteiger partial charge in [0.25, 0.3) is 0 Å². The molecule has 2 aromatic rings. The fraction of sp³-hybridized carbons (Fsp3) is 0.308. The fourth-order valence-corrected chi connectivity index (χ4v) is 2.77. The molecule has 96 valence electrons. The van der Waals surface area contributed by atoms with E-state index < -0.39 is 5.97 Å². The molecule has 0 aliphatic rings. The second-order valence-electron chi connectivity index (χ2n) is 4.06. The van der Waals surface area contributed by atoms with Crippen LogP contribution in [0.25, 0.3) is 10.1 Å². The Balaban J connectivity index is 2.34. The first-order chi connectivity index (χ1) is 8.63. The first kappa shape index (κ1) is 12.9. The van der Waals surface area contributed by atoms with Crippen molar-refractivity contribution < 1.29 is 14.6 Å². The van der Waals surface area contributed by atoms with Crippen LogP contribution in [0.4, 0.5) is 0 Å². The predicted molar refractivity (Wildman–Crippen MR) is 72.2 cm³/mol. The second-order valence-corrected chi connectivity index (χ2v) is 5.01. The normalized spacial score (nSPS) is 12.6. The summed E-state index contributed by atoms with van der Waals surface area (Å²) in [7, 11) is 1.61. The third-order valence-electron chi connectivity index (χ3n) is 2.89. The number of hydrogen-bond donors (Lipinski definition) is 2. The van der Waals surface area contributed by atoms with Crippen LogP contribution < -0.4 is 10.5 Å². The average molecular weight is 265 g/mol. The first-order valence-electron chi connectivity index (χ1n) is 5.65. The van der Waals surface area contributed by atoms with Gasteiger partial charge in [0.05, 0.1) is 7.11 Å². The quantitative estimate of drug-likeness (QED) is 0.872. The Morgan fingerprint density at radius 2 is 2.28 bits per heavy atom. The molecule has 0 aliphatic heterocycles. The molecule has 5 heteroatoms. The maximum Gasteiger partial charge on any atom is 0.303 e. The van der Waals surface area contributed by atoms with E-state index in [4.69, 9.17) is 15.6 Å². The van der Waals surface area contributed by atoms with Gasteiger partial charge in [0.2, 0.25) is 0 Å². The van der Waals surface area contributed by atoms with E-state index in [2.05, 4.69) is 0 Å². The van der Waals surface area contributed by atoms with Crippen molar-refractivity contribution in [3.63, 3.8) is 0 Å². The largest absolute Gasteiger partial charge is 0.496 e. The molecule has 1 atom stereocenters. The molecule has 0 spiro atoms. The maximum absolute atomic E-state index is 10.6. The maximum atomic E-state index is 10.6. The molecule has 2 rings (SSSR count). The van der Waals surface area contributed by atoms with Crippen molar-refractivity contribution >= 4 is 27.4 Å². The molecule has 3 N–H and O–H groups in total. The first-order valence-corrected chi connectivity index (χ1v) is 6.53. The molecule has 1 unspecified atom stereocenters. The molecule has 0 bridgehead atoms. The number of carbonyl (C=O) groups is 1. The second kappa shape index (κ2) is 5.37. The summed E-state index contributed by atoms with van der Waals surface area (Å²) in [6, 6.07) is 5.59. The number of carboxylic acid groups (broad SMARTS) is 1. The van der Waals surface area contributed by atoms with Gasteiger partial charge in [-0.3, -0.25) is 4.79 Å². The van der Waals surface area contributed by atoms with E-state index in [1.807, 2.05) is 23.6 Å². The van der Waals surface area contributed by atoms with E-state index >= 15 is 0 Å². The molecule has 4 nitrogen and oxygen atoms in total. The lowest BCUT2D eigenvalue weighted by Gasteiger charge is -2.15. The van der Waals surface area contributed by atoms with E-state index in [1.54, 1.807) is 18.4 Å². The van der Waals surface area contributed by atoms with Crippen LogP contribution in [0.5, 0.6) is 5.75 Å². The number of nitrogens with two attached hydrogens (primary N) is 1. The highest BCUT2D eigenvalue weighted by molar-refractivity contribution is 7.17. The van der Waals surface area contributed by atoms with Gasteiger partial charge < -0.3 is 15.6 Å². The average Bonchev–Trinajstić information content (AvgIpc) is 2.82. The Kier molecular flexibility index (Phi) is 3.84. The summed E-state index contributed by atoms with van der Waals surface area (Å²) in [5, 5.41) is 11.7. The number of rotatable bonds is 5. The van der Waals surface area contributed by atoms with Crippen LogP contribution in [-0.2, 0) is 4.79 Å². The van der Waals surface area contributed by atoms with Crippen LogP contribution in [0.1, 0.15) is 24.4 Å². The lowest BCUT2D eigenvalue weighted by atomic mass is 10.0. The Morgan fingerprint density at radius 3 is 2.94 bits per heavy atom. The van der Waals surface area contributed by atoms with Crippen LogP contribution in [0, 0.1) is 0 Å². The van der Waals surface area contributed by atoms with Gasteiger partial charge in [-0.15, -0.1) is 11.3 Å². The minimum Gasteiger partial charge on any atom is -0.496 e. The van der Waals surface area contributed by atoms with E-state index in [0.29, 0.717) is 6.42 Å². The van der Waals surface area contributed by atoms with Gasteiger partial charge in [-0.2, -0.15) is 0 Å². The molecule has 0 amide bonds. The van der Waals surface area contributed by atoms with Crippen molar-refractivity contribution in [1.29, 1.82) is 0 Å². The SMILES string of the molecule is COc1c(C(N)CCC(=O)O)ccc2sccc12. The Hall–Kier alpha value is -1.59. The standard InChI is InChI=1S/C13H15NO3S/c1-17-13-8(10(14)3-5-12(15)16)2-4-11-9(13)6-7-18-11/h2,4,6-7,10H,3,5,14H2,1H3,(H,15,16). The van der Waals surface area contributed by atoms with Crippen molar-refractivity contribution in [2.24, 2.45) is 5.73 Å². The molecule has 0 radical (unpaired) electrons. The van der Waals surface area contributed by atoms with Crippen molar-refractivity contribution in [3.05, 3.63) is 29.1 Å². The summed E-state index contributed by atoms with van der Waals surface area (Å²) in [6.45, 7) is 0. The number of fused-ring (bicyclic) bond motifs is 1. The lowest BCUT2D eigenvalue weighted by molar-refractivity contribution is -0.137. The van der Waals surface area contributed by atoms with E-state index in [1.165, 1.54) is 0 Å². The van der Waals surface area contributed by atoms with Gasteiger partial charge in [0.1, 0.15) is 5.75 Å². The van der Waals surface area contributed by atoms with Crippen LogP contribution in [0.3, 0.4) is 0 Å². The minimum absolute atomic E-state index is 0.0615. The summed E-state index contributed by atoms with van der Waals surface area (Å²) in [5.74, 6) is -0.0762. The molecule has 18 heavy (non-hydrogen) atoms. The van der Waals surface area contributed by atoms with Crippen molar-refractivity contribution in [1.82, 2.24) is 0 Å². The molecule has 0 saturated carbocycles. The van der Waals surface area contributed by atoms with Crippen molar-refractivity contribution in [2.75, 3.05) is 7.11 Å². The van der Waals surface area contributed by atoms with Crippen molar-refractivity contribution in [2.45, 2.75) is 18.9 Å². The number of carboxylic acids is 1. The van der Waals surface area contributed by atoms with E-state index in [9.17, 15) is 4.79 Å². The third-order valence-corrected chi connectivity index (χ3v) is 3.77. The molecule has 0 saturated heterocycles. The fourth-order valence-electron chi connectivity index (χ4n) is 1.99. The van der Waals surface area contributed by atoms with Crippen LogP contribution in [0.15, 0.2) is 23.6 Å². The third kappa shape index (κ3) is 2.47. The minimum atomic E-state index is -0.832. The monoisotopic (exact) mass is 265 g/mol. The highest BCUT2D eigenvalue weighted by Crippen LogP contribution is 2.36. The van der Waals surface area contributed by atoms with Crippen LogP contribution in [-0.4, -0.2) is 18.2 Å². The topological polar surface area (TPSA) is 72.5 Å². The summed E-state index contributed by atoms with van der Waals surface area (Å²) < 4.78 is 6.56. The number of benzene rings is 1. The summed E-state index contributed by atoms with van der Waals surface area (Å²) >= 11 is 1.64. The van der Waals surface area contributed by atoms with Crippen molar-refractivity contribution in [3.8, 4) is 5.75 Å². The van der Waals surface area contributed by atoms with Gasteiger partial charge in [-0.25, -0.2) is 0 Å². The van der Waals surface area contributed by atoms with E-state index in [0.717, 1.165) is 21.4 Å². The zero-order chi connectivity index (χ0) is 13.1. The molecule has 0 fully saturated rings. The van der Waals surface area contributed by atoms with Gasteiger partial charge >= 0.3 is 5.97 Å². The number of methoxy groups -OCH3 is 1. The summed E-state index contributed by atoms with van der Waals surface area (Å²) in [5.41, 5.74) is 6.90. The Bertz CT molecular complexity index is 564. The van der Waals surface area contributed by atoms with E-state index in [-0.39, 0.29) is 12.5 Å². The molecular weight excluding hydrogens is 250 g/mol. The number of thiophene rings is 1. The predicted octanol–water partition coefficient (Wildman–Crippen LogP) is 2.77. The van der Waals surface area contributed by atoms with Crippen LogP contribution >= 0.6 is 11.3 Å². The Morgan fingerprint density at radius 1 is 1.50 bits per heavy atom. The zero-order valence-electron chi connectivity index (χ0n) is 10.1. The smallest absolute Gasteiger partial charge is 0.303 e. The Labute approximate surface area is 109 Å². The number of hydrogen-bond acceptors (Lipinski definition) is 4. The van der Waals surface area contributed by atoms with Gasteiger partial charge in [0, 0.05) is 28.1 Å². The van der Waals surface area contributed by atoms with Gasteiger partial charge in [-0.1, -0.05) is 6.07 Å². The number of aliphatic carboxylic acids is 1. The summed E-state index contributed by atoms with van der Waals surface area (Å²) in [4.78, 5) is 10.6. The zero-order valence-corrected chi connectivity index (χ0v) is 10.9. The molecular formula is C13H15NO3S. The molecule has 0 aliphatic carbocycles. The summed E-state index contributed by atoms with van der Waals surface area (Å²) in [6.07, 6.45) is 0.466. The van der Waals surface area contributed by atoms with Gasteiger partial charge in [0.15, 0.2) is 0 Å². The molecule has 1 heterocycles. The highest BCUT2D eigenvalue weighted by Gasteiger charge is 2.16. The number of ether oxygens (including phenoxy) is 1. The van der Waals surface area contributed by atoms with Gasteiger partial charge in [-0.05, 0) is 23.9 Å². The lowest BCUT2D eigenvalue weighted by Crippen LogP contribution is -2.13. The van der Waals surface area contributed by atoms with Crippen LogP contribution in [0.2, 0.25) is 0 Å². The highest BCUT2D eigenvalue weighted by atomic mass is 32.1.